The van der Waals surface area contributed by atoms with Gasteiger partial charge in [-0.1, -0.05) is 6.07 Å². The van der Waals surface area contributed by atoms with Gasteiger partial charge in [-0.05, 0) is 66.8 Å². The molecular formula is C20H20N4O2S. The molecule has 1 amide bonds. The maximum atomic E-state index is 12.0. The zero-order chi connectivity index (χ0) is 19.2. The van der Waals surface area contributed by atoms with Crippen LogP contribution in [0.4, 0.5) is 22.7 Å². The van der Waals surface area contributed by atoms with Crippen LogP contribution in [0.15, 0.2) is 71.3 Å². The molecule has 3 rings (SSSR count). The Labute approximate surface area is 163 Å². The highest BCUT2D eigenvalue weighted by Crippen LogP contribution is 2.18. The molecule has 6 nitrogen and oxygen atoms in total. The van der Waals surface area contributed by atoms with Crippen LogP contribution in [-0.2, 0) is 0 Å². The van der Waals surface area contributed by atoms with E-state index in [0.717, 1.165) is 17.1 Å². The molecule has 3 aromatic rings. The van der Waals surface area contributed by atoms with E-state index in [2.05, 4.69) is 16.0 Å². The molecule has 0 saturated heterocycles. The second-order valence-electron chi connectivity index (χ2n) is 6.03. The maximum absolute atomic E-state index is 12.0. The summed E-state index contributed by atoms with van der Waals surface area (Å²) in [6, 6.07) is 18.5. The third-order valence-corrected chi connectivity index (χ3v) is 3.97. The fraction of sp³-hybridized carbons (Fsp3) is 0.100. The number of furan rings is 1. The highest BCUT2D eigenvalue weighted by atomic mass is 32.1. The molecule has 0 radical (unpaired) electrons. The van der Waals surface area contributed by atoms with Crippen molar-refractivity contribution in [1.29, 1.82) is 0 Å². The van der Waals surface area contributed by atoms with Crippen LogP contribution >= 0.6 is 12.2 Å². The maximum Gasteiger partial charge on any atom is 0.291 e. The van der Waals surface area contributed by atoms with E-state index in [0.29, 0.717) is 10.8 Å². The predicted molar refractivity (Wildman–Crippen MR) is 114 cm³/mol. The lowest BCUT2D eigenvalue weighted by atomic mass is 10.2. The summed E-state index contributed by atoms with van der Waals surface area (Å²) in [4.78, 5) is 14.0. The first-order valence-electron chi connectivity index (χ1n) is 8.31. The lowest BCUT2D eigenvalue weighted by Crippen LogP contribution is -2.19. The summed E-state index contributed by atoms with van der Waals surface area (Å²) in [5, 5.41) is 9.54. The largest absolute Gasteiger partial charge is 0.459 e. The van der Waals surface area contributed by atoms with Gasteiger partial charge in [0.25, 0.3) is 5.91 Å². The first-order valence-corrected chi connectivity index (χ1v) is 8.72. The molecule has 0 saturated carbocycles. The number of rotatable bonds is 5. The second-order valence-corrected chi connectivity index (χ2v) is 6.44. The summed E-state index contributed by atoms with van der Waals surface area (Å²) >= 11 is 5.37. The molecule has 0 aliphatic carbocycles. The van der Waals surface area contributed by atoms with Crippen LogP contribution in [0.1, 0.15) is 10.6 Å². The Morgan fingerprint density at radius 3 is 2.19 bits per heavy atom. The Morgan fingerprint density at radius 2 is 1.56 bits per heavy atom. The summed E-state index contributed by atoms with van der Waals surface area (Å²) in [5.41, 5.74) is 3.47. The topological polar surface area (TPSA) is 69.5 Å². The van der Waals surface area contributed by atoms with Gasteiger partial charge in [-0.3, -0.25) is 4.79 Å². The van der Waals surface area contributed by atoms with Crippen LogP contribution in [-0.4, -0.2) is 25.1 Å². The van der Waals surface area contributed by atoms with Crippen LogP contribution in [0.5, 0.6) is 0 Å². The standard InChI is InChI=1S/C20H20N4O2S/c1-24(2)17-6-3-5-16(13-17)23-20(27)22-15-10-8-14(9-11-15)21-19(25)18-7-4-12-26-18/h3-13H,1-2H3,(H,21,25)(H2,22,23,27). The van der Waals surface area contributed by atoms with Crippen molar-refractivity contribution in [3.05, 3.63) is 72.7 Å². The van der Waals surface area contributed by atoms with Crippen molar-refractivity contribution in [3.8, 4) is 0 Å². The number of anilines is 4. The molecule has 0 unspecified atom stereocenters. The number of nitrogens with zero attached hydrogens (tertiary/aromatic N) is 1. The number of nitrogens with one attached hydrogen (secondary N) is 3. The number of thiocarbonyl (C=S) groups is 1. The van der Waals surface area contributed by atoms with E-state index in [4.69, 9.17) is 16.6 Å². The van der Waals surface area contributed by atoms with Gasteiger partial charge in [0.05, 0.1) is 6.26 Å². The van der Waals surface area contributed by atoms with Crippen molar-refractivity contribution < 1.29 is 9.21 Å². The first-order chi connectivity index (χ1) is 13.0. The zero-order valence-corrected chi connectivity index (χ0v) is 15.8. The average molecular weight is 380 g/mol. The molecule has 0 atom stereocenters. The molecule has 0 spiro atoms. The van der Waals surface area contributed by atoms with Gasteiger partial charge in [-0.2, -0.15) is 0 Å². The Kier molecular flexibility index (Phi) is 5.73. The number of hydrogen-bond acceptors (Lipinski definition) is 4. The van der Waals surface area contributed by atoms with E-state index in [1.165, 1.54) is 6.26 Å². The summed E-state index contributed by atoms with van der Waals surface area (Å²) in [7, 11) is 3.98. The van der Waals surface area contributed by atoms with Gasteiger partial charge in [0.15, 0.2) is 10.9 Å². The summed E-state index contributed by atoms with van der Waals surface area (Å²) < 4.78 is 5.07. The number of carbonyl (C=O) groups is 1. The molecule has 2 aromatic carbocycles. The minimum Gasteiger partial charge on any atom is -0.459 e. The summed E-state index contributed by atoms with van der Waals surface area (Å²) in [6.45, 7) is 0. The highest BCUT2D eigenvalue weighted by Gasteiger charge is 2.08. The quantitative estimate of drug-likeness (QED) is 0.570. The Morgan fingerprint density at radius 1 is 0.889 bits per heavy atom. The molecule has 1 heterocycles. The van der Waals surface area contributed by atoms with Crippen molar-refractivity contribution in [2.45, 2.75) is 0 Å². The van der Waals surface area contributed by atoms with Gasteiger partial charge in [-0.15, -0.1) is 0 Å². The van der Waals surface area contributed by atoms with Gasteiger partial charge in [0.2, 0.25) is 0 Å². The van der Waals surface area contributed by atoms with Gasteiger partial charge >= 0.3 is 0 Å². The number of carbonyl (C=O) groups excluding carboxylic acids is 1. The Bertz CT molecular complexity index is 921. The molecule has 27 heavy (non-hydrogen) atoms. The smallest absolute Gasteiger partial charge is 0.291 e. The molecule has 138 valence electrons. The highest BCUT2D eigenvalue weighted by molar-refractivity contribution is 7.80. The molecule has 1 aromatic heterocycles. The van der Waals surface area contributed by atoms with Gasteiger partial charge in [-0.25, -0.2) is 0 Å². The third-order valence-electron chi connectivity index (χ3n) is 3.77. The number of amides is 1. The molecule has 7 heteroatoms. The number of hydrogen-bond donors (Lipinski definition) is 3. The second kappa shape index (κ2) is 8.37. The zero-order valence-electron chi connectivity index (χ0n) is 15.0. The van der Waals surface area contributed by atoms with Crippen molar-refractivity contribution in [3.63, 3.8) is 0 Å². The molecule has 0 aliphatic heterocycles. The van der Waals surface area contributed by atoms with E-state index in [1.807, 2.05) is 55.4 Å². The summed E-state index contributed by atoms with van der Waals surface area (Å²) in [6.07, 6.45) is 1.46. The monoisotopic (exact) mass is 380 g/mol. The fourth-order valence-electron chi connectivity index (χ4n) is 2.39. The minimum absolute atomic E-state index is 0.266. The van der Waals surface area contributed by atoms with Crippen molar-refractivity contribution >= 4 is 46.0 Å². The van der Waals surface area contributed by atoms with E-state index in [1.54, 1.807) is 24.3 Å². The third kappa shape index (κ3) is 5.08. The van der Waals surface area contributed by atoms with Gasteiger partial charge in [0.1, 0.15) is 0 Å². The van der Waals surface area contributed by atoms with E-state index < -0.39 is 0 Å². The van der Waals surface area contributed by atoms with E-state index in [9.17, 15) is 4.79 Å². The van der Waals surface area contributed by atoms with Crippen molar-refractivity contribution in [1.82, 2.24) is 0 Å². The van der Waals surface area contributed by atoms with Gasteiger partial charge < -0.3 is 25.3 Å². The van der Waals surface area contributed by atoms with Crippen LogP contribution < -0.4 is 20.9 Å². The normalized spacial score (nSPS) is 10.1. The first kappa shape index (κ1) is 18.5. The average Bonchev–Trinajstić information content (AvgIpc) is 3.18. The Hall–Kier alpha value is -3.32. The van der Waals surface area contributed by atoms with Crippen molar-refractivity contribution in [2.24, 2.45) is 0 Å². The van der Waals surface area contributed by atoms with Crippen LogP contribution in [0, 0.1) is 0 Å². The lowest BCUT2D eigenvalue weighted by molar-refractivity contribution is 0.0996. The Balaban J connectivity index is 1.57. The van der Waals surface area contributed by atoms with E-state index in [-0.39, 0.29) is 11.7 Å². The van der Waals surface area contributed by atoms with E-state index >= 15 is 0 Å². The van der Waals surface area contributed by atoms with Crippen molar-refractivity contribution in [2.75, 3.05) is 34.9 Å². The fourth-order valence-corrected chi connectivity index (χ4v) is 2.63. The SMILES string of the molecule is CN(C)c1cccc(NC(=S)Nc2ccc(NC(=O)c3ccco3)cc2)c1. The molecule has 0 bridgehead atoms. The predicted octanol–water partition coefficient (Wildman–Crippen LogP) is 4.41. The molecule has 0 fully saturated rings. The lowest BCUT2D eigenvalue weighted by Gasteiger charge is -2.15. The number of benzene rings is 2. The van der Waals surface area contributed by atoms with Crippen LogP contribution in [0.25, 0.3) is 0 Å². The van der Waals surface area contributed by atoms with Crippen LogP contribution in [0.3, 0.4) is 0 Å². The van der Waals surface area contributed by atoms with Crippen LogP contribution in [0.2, 0.25) is 0 Å². The molecular weight excluding hydrogens is 360 g/mol. The molecule has 3 N–H and O–H groups in total. The molecule has 0 aliphatic rings. The minimum atomic E-state index is -0.293. The summed E-state index contributed by atoms with van der Waals surface area (Å²) in [5.74, 6) is -0.0267. The van der Waals surface area contributed by atoms with Gasteiger partial charge in [0, 0.05) is 36.8 Å².